The summed E-state index contributed by atoms with van der Waals surface area (Å²) < 4.78 is 0. The molecule has 2 nitrogen and oxygen atoms in total. The maximum atomic E-state index is 3.74. The second-order valence-electron chi connectivity index (χ2n) is 6.82. The van der Waals surface area contributed by atoms with Gasteiger partial charge in [-0.2, -0.15) is 11.8 Å². The van der Waals surface area contributed by atoms with Crippen LogP contribution in [0.15, 0.2) is 0 Å². The van der Waals surface area contributed by atoms with Crippen molar-refractivity contribution in [2.24, 2.45) is 5.41 Å². The Labute approximate surface area is 118 Å². The third-order valence-corrected chi connectivity index (χ3v) is 5.49. The molecule has 1 heterocycles. The molecule has 0 aromatic heterocycles. The van der Waals surface area contributed by atoms with E-state index in [2.05, 4.69) is 56.7 Å². The van der Waals surface area contributed by atoms with Gasteiger partial charge in [0.05, 0.1) is 0 Å². The van der Waals surface area contributed by atoms with Crippen molar-refractivity contribution in [2.45, 2.75) is 59.0 Å². The molecular formula is C15H32N2S. The molecule has 0 amide bonds. The zero-order chi connectivity index (χ0) is 13.6. The molecule has 1 saturated heterocycles. The van der Waals surface area contributed by atoms with E-state index in [4.69, 9.17) is 0 Å². The monoisotopic (exact) mass is 272 g/mol. The van der Waals surface area contributed by atoms with Gasteiger partial charge in [-0.15, -0.1) is 0 Å². The van der Waals surface area contributed by atoms with E-state index in [-0.39, 0.29) is 0 Å². The number of unbranched alkanes of at least 4 members (excludes halogenated alkanes) is 1. The van der Waals surface area contributed by atoms with E-state index in [1.54, 1.807) is 0 Å². The van der Waals surface area contributed by atoms with E-state index in [1.165, 1.54) is 43.9 Å². The first-order valence-electron chi connectivity index (χ1n) is 7.42. The highest BCUT2D eigenvalue weighted by Crippen LogP contribution is 2.33. The van der Waals surface area contributed by atoms with Crippen LogP contribution < -0.4 is 5.32 Å². The van der Waals surface area contributed by atoms with Crippen LogP contribution >= 0.6 is 11.8 Å². The van der Waals surface area contributed by atoms with Gasteiger partial charge < -0.3 is 10.2 Å². The lowest BCUT2D eigenvalue weighted by molar-refractivity contribution is 0.265. The van der Waals surface area contributed by atoms with E-state index in [1.807, 2.05) is 0 Å². The average molecular weight is 273 g/mol. The smallest absolute Gasteiger partial charge is 0.0163 e. The average Bonchev–Trinajstić information content (AvgIpc) is 2.26. The molecule has 0 radical (unpaired) electrons. The summed E-state index contributed by atoms with van der Waals surface area (Å²) in [6.07, 6.45) is 3.95. The van der Waals surface area contributed by atoms with E-state index < -0.39 is 0 Å². The summed E-state index contributed by atoms with van der Waals surface area (Å²) in [6, 6.07) is 1.41. The van der Waals surface area contributed by atoms with Gasteiger partial charge in [-0.05, 0) is 64.4 Å². The zero-order valence-electron chi connectivity index (χ0n) is 13.0. The lowest BCUT2D eigenvalue weighted by Gasteiger charge is -2.35. The Balaban J connectivity index is 2.04. The second kappa shape index (κ2) is 7.76. The fourth-order valence-corrected chi connectivity index (χ4v) is 3.75. The highest BCUT2D eigenvalue weighted by molar-refractivity contribution is 7.99. The van der Waals surface area contributed by atoms with Crippen molar-refractivity contribution >= 4 is 11.8 Å². The standard InChI is InChI=1S/C15H32N2S/c1-13(2)17(5)9-7-6-8-16-14-10-15(3,4)12-18-11-14/h13-14,16H,6-12H2,1-5H3. The molecule has 1 fully saturated rings. The Bertz CT molecular complexity index is 229. The topological polar surface area (TPSA) is 15.3 Å². The molecule has 0 aromatic carbocycles. The van der Waals surface area contributed by atoms with Crippen LogP contribution in [0.5, 0.6) is 0 Å². The number of nitrogens with zero attached hydrogens (tertiary/aromatic N) is 1. The summed E-state index contributed by atoms with van der Waals surface area (Å²) in [5.74, 6) is 2.62. The van der Waals surface area contributed by atoms with Crippen LogP contribution in [0, 0.1) is 5.41 Å². The van der Waals surface area contributed by atoms with Crippen LogP contribution in [0.2, 0.25) is 0 Å². The Morgan fingerprint density at radius 3 is 2.67 bits per heavy atom. The van der Waals surface area contributed by atoms with E-state index in [0.29, 0.717) is 11.5 Å². The van der Waals surface area contributed by atoms with Crippen molar-refractivity contribution in [2.75, 3.05) is 31.6 Å². The zero-order valence-corrected chi connectivity index (χ0v) is 13.8. The lowest BCUT2D eigenvalue weighted by Crippen LogP contribution is -2.40. The minimum absolute atomic E-state index is 0.526. The molecule has 1 rings (SSSR count). The summed E-state index contributed by atoms with van der Waals surface area (Å²) in [4.78, 5) is 2.43. The maximum absolute atomic E-state index is 3.74. The van der Waals surface area contributed by atoms with E-state index in [9.17, 15) is 0 Å². The van der Waals surface area contributed by atoms with Crippen LogP contribution in [0.1, 0.15) is 47.0 Å². The fourth-order valence-electron chi connectivity index (χ4n) is 2.44. The molecule has 1 N–H and O–H groups in total. The van der Waals surface area contributed by atoms with Gasteiger partial charge in [0.2, 0.25) is 0 Å². The van der Waals surface area contributed by atoms with Crippen molar-refractivity contribution in [3.8, 4) is 0 Å². The Kier molecular flexibility index (Phi) is 7.04. The molecule has 1 aliphatic heterocycles. The summed E-state index contributed by atoms with van der Waals surface area (Å²) >= 11 is 2.11. The van der Waals surface area contributed by atoms with Crippen molar-refractivity contribution < 1.29 is 0 Å². The lowest BCUT2D eigenvalue weighted by atomic mass is 9.88. The molecule has 108 valence electrons. The van der Waals surface area contributed by atoms with Gasteiger partial charge in [-0.1, -0.05) is 13.8 Å². The fraction of sp³-hybridized carbons (Fsp3) is 1.00. The number of rotatable bonds is 7. The van der Waals surface area contributed by atoms with E-state index >= 15 is 0 Å². The molecule has 0 aromatic rings. The first-order valence-corrected chi connectivity index (χ1v) is 8.57. The van der Waals surface area contributed by atoms with E-state index in [0.717, 1.165) is 6.04 Å². The van der Waals surface area contributed by atoms with Crippen molar-refractivity contribution in [1.82, 2.24) is 10.2 Å². The number of thioether (sulfide) groups is 1. The molecule has 18 heavy (non-hydrogen) atoms. The highest BCUT2D eigenvalue weighted by atomic mass is 32.2. The molecule has 1 atom stereocenters. The van der Waals surface area contributed by atoms with Gasteiger partial charge in [0.1, 0.15) is 0 Å². The molecular weight excluding hydrogens is 240 g/mol. The third-order valence-electron chi connectivity index (χ3n) is 3.86. The van der Waals surface area contributed by atoms with Crippen molar-refractivity contribution in [1.29, 1.82) is 0 Å². The van der Waals surface area contributed by atoms with Crippen LogP contribution in [0.3, 0.4) is 0 Å². The van der Waals surface area contributed by atoms with Crippen molar-refractivity contribution in [3.05, 3.63) is 0 Å². The molecule has 0 saturated carbocycles. The normalized spacial score (nSPS) is 23.8. The van der Waals surface area contributed by atoms with Crippen LogP contribution in [0.4, 0.5) is 0 Å². The number of hydrogen-bond acceptors (Lipinski definition) is 3. The molecule has 0 spiro atoms. The SMILES string of the molecule is CC(C)N(C)CCCCNC1CSCC(C)(C)C1. The van der Waals surface area contributed by atoms with Crippen LogP contribution in [-0.2, 0) is 0 Å². The highest BCUT2D eigenvalue weighted by Gasteiger charge is 2.27. The first-order chi connectivity index (χ1) is 8.41. The summed E-state index contributed by atoms with van der Waals surface area (Å²) in [5.41, 5.74) is 0.526. The molecule has 0 aliphatic carbocycles. The van der Waals surface area contributed by atoms with Crippen LogP contribution in [0.25, 0.3) is 0 Å². The number of nitrogens with one attached hydrogen (secondary N) is 1. The quantitative estimate of drug-likeness (QED) is 0.716. The van der Waals surface area contributed by atoms with Gasteiger partial charge in [0.15, 0.2) is 0 Å². The Hall–Kier alpha value is 0.270. The minimum Gasteiger partial charge on any atom is -0.313 e. The molecule has 1 unspecified atom stereocenters. The molecule has 0 bridgehead atoms. The van der Waals surface area contributed by atoms with Crippen LogP contribution in [-0.4, -0.2) is 48.6 Å². The van der Waals surface area contributed by atoms with Gasteiger partial charge in [-0.25, -0.2) is 0 Å². The summed E-state index contributed by atoms with van der Waals surface area (Å²) in [5, 5.41) is 3.74. The van der Waals surface area contributed by atoms with Gasteiger partial charge in [0, 0.05) is 17.8 Å². The van der Waals surface area contributed by atoms with Crippen molar-refractivity contribution in [3.63, 3.8) is 0 Å². The largest absolute Gasteiger partial charge is 0.313 e. The maximum Gasteiger partial charge on any atom is 0.0163 e. The Morgan fingerprint density at radius 1 is 1.33 bits per heavy atom. The Morgan fingerprint density at radius 2 is 2.06 bits per heavy atom. The molecule has 3 heteroatoms. The predicted octanol–water partition coefficient (Wildman–Crippen LogP) is 3.23. The first kappa shape index (κ1) is 16.3. The van der Waals surface area contributed by atoms with Gasteiger partial charge >= 0.3 is 0 Å². The summed E-state index contributed by atoms with van der Waals surface area (Å²) in [6.45, 7) is 11.7. The number of hydrogen-bond donors (Lipinski definition) is 1. The predicted molar refractivity (Wildman–Crippen MR) is 84.5 cm³/mol. The van der Waals surface area contributed by atoms with Gasteiger partial charge in [0.25, 0.3) is 0 Å². The summed E-state index contributed by atoms with van der Waals surface area (Å²) in [7, 11) is 2.22. The molecule has 1 aliphatic rings. The minimum atomic E-state index is 0.526. The third kappa shape index (κ3) is 6.44. The second-order valence-corrected chi connectivity index (χ2v) is 7.85. The van der Waals surface area contributed by atoms with Gasteiger partial charge in [-0.3, -0.25) is 0 Å².